The average Bonchev–Trinajstić information content (AvgIpc) is 3.34. The number of fused-ring (bicyclic) bond motifs is 10. The molecule has 1 aliphatic heterocycles. The van der Waals surface area contributed by atoms with E-state index in [1.165, 1.54) is 89.2 Å². The Morgan fingerprint density at radius 2 is 1.26 bits per heavy atom. The molecule has 3 aliphatic rings. The SMILES string of the molecule is CN(C)c1ccc(C2(c3ccccc3)C=Cc3c4c(c5ccccc5c3O2)-c2ccccc2C42CCCCCCC2)cc1. The van der Waals surface area contributed by atoms with E-state index in [0.29, 0.717) is 0 Å². The maximum absolute atomic E-state index is 7.52. The summed E-state index contributed by atoms with van der Waals surface area (Å²) in [6.45, 7) is 0. The van der Waals surface area contributed by atoms with Gasteiger partial charge in [-0.1, -0.05) is 129 Å². The lowest BCUT2D eigenvalue weighted by molar-refractivity contribution is 0.163. The predicted octanol–water partition coefficient (Wildman–Crippen LogP) is 10.3. The molecule has 1 heterocycles. The van der Waals surface area contributed by atoms with Crippen LogP contribution in [0.25, 0.3) is 28.0 Å². The molecule has 214 valence electrons. The van der Waals surface area contributed by atoms with Gasteiger partial charge in [0.15, 0.2) is 5.60 Å². The van der Waals surface area contributed by atoms with Crippen molar-refractivity contribution >= 4 is 22.5 Å². The van der Waals surface area contributed by atoms with E-state index in [4.69, 9.17) is 4.74 Å². The molecule has 0 radical (unpaired) electrons. The Balaban J connectivity index is 1.42. The average molecular weight is 562 g/mol. The number of ether oxygens (including phenoxy) is 1. The van der Waals surface area contributed by atoms with E-state index < -0.39 is 5.60 Å². The lowest BCUT2D eigenvalue weighted by Gasteiger charge is -2.40. The number of benzene rings is 5. The first kappa shape index (κ1) is 26.3. The molecule has 0 amide bonds. The van der Waals surface area contributed by atoms with Gasteiger partial charge in [-0.3, -0.25) is 0 Å². The summed E-state index contributed by atoms with van der Waals surface area (Å²) in [5, 5.41) is 2.51. The highest BCUT2D eigenvalue weighted by molar-refractivity contribution is 6.08. The summed E-state index contributed by atoms with van der Waals surface area (Å²) in [5.74, 6) is 1.02. The lowest BCUT2D eigenvalue weighted by Crippen LogP contribution is -2.35. The Morgan fingerprint density at radius 1 is 0.628 bits per heavy atom. The van der Waals surface area contributed by atoms with Crippen molar-refractivity contribution in [3.05, 3.63) is 137 Å². The fourth-order valence-electron chi connectivity index (χ4n) is 8.32. The zero-order chi connectivity index (χ0) is 29.0. The summed E-state index contributed by atoms with van der Waals surface area (Å²) in [5.41, 5.74) is 9.92. The van der Waals surface area contributed by atoms with Crippen LogP contribution in [0.2, 0.25) is 0 Å². The number of anilines is 1. The van der Waals surface area contributed by atoms with E-state index in [1.54, 1.807) is 0 Å². The van der Waals surface area contributed by atoms with Crippen molar-refractivity contribution in [3.63, 3.8) is 0 Å². The quantitative estimate of drug-likeness (QED) is 0.217. The van der Waals surface area contributed by atoms with Crippen LogP contribution in [-0.2, 0) is 11.0 Å². The van der Waals surface area contributed by atoms with Gasteiger partial charge >= 0.3 is 0 Å². The van der Waals surface area contributed by atoms with Crippen LogP contribution in [0.5, 0.6) is 5.75 Å². The maximum atomic E-state index is 7.52. The van der Waals surface area contributed by atoms with Crippen LogP contribution in [-0.4, -0.2) is 14.1 Å². The van der Waals surface area contributed by atoms with Gasteiger partial charge in [0.25, 0.3) is 0 Å². The largest absolute Gasteiger partial charge is 0.472 e. The summed E-state index contributed by atoms with van der Waals surface area (Å²) < 4.78 is 7.52. The minimum absolute atomic E-state index is 0.0221. The van der Waals surface area contributed by atoms with E-state index in [-0.39, 0.29) is 5.41 Å². The van der Waals surface area contributed by atoms with Gasteiger partial charge in [0.2, 0.25) is 0 Å². The molecule has 8 rings (SSSR count). The van der Waals surface area contributed by atoms with Crippen molar-refractivity contribution in [2.75, 3.05) is 19.0 Å². The van der Waals surface area contributed by atoms with Gasteiger partial charge in [-0.05, 0) is 58.7 Å². The topological polar surface area (TPSA) is 12.5 Å². The molecule has 5 aromatic carbocycles. The van der Waals surface area contributed by atoms with Crippen molar-refractivity contribution < 1.29 is 4.74 Å². The van der Waals surface area contributed by atoms with Crippen molar-refractivity contribution in [2.45, 2.75) is 56.0 Å². The first-order chi connectivity index (χ1) is 21.1. The molecule has 2 heteroatoms. The third-order valence-corrected chi connectivity index (χ3v) is 10.4. The normalized spacial score (nSPS) is 20.0. The van der Waals surface area contributed by atoms with Crippen molar-refractivity contribution in [2.24, 2.45) is 0 Å². The maximum Gasteiger partial charge on any atom is 0.178 e. The van der Waals surface area contributed by atoms with E-state index in [2.05, 4.69) is 134 Å². The third kappa shape index (κ3) is 3.92. The van der Waals surface area contributed by atoms with E-state index in [9.17, 15) is 0 Å². The standard InChI is InChI=1S/C41H39NO/c1-42(2)31-23-21-30(22-24-31)41(29-15-7-6-8-16-29)28-25-35-38-37(32-17-9-10-18-33(32)39(35)43-41)34-19-11-12-20-36(34)40(38)26-13-4-3-5-14-27-40/h6-12,15-25,28H,3-5,13-14,26-27H2,1-2H3. The second kappa shape index (κ2) is 10.2. The van der Waals surface area contributed by atoms with Gasteiger partial charge in [0, 0.05) is 47.3 Å². The molecule has 2 nitrogen and oxygen atoms in total. The summed E-state index contributed by atoms with van der Waals surface area (Å²) in [4.78, 5) is 2.15. The third-order valence-electron chi connectivity index (χ3n) is 10.4. The lowest BCUT2D eigenvalue weighted by atomic mass is 9.67. The molecule has 1 fully saturated rings. The Morgan fingerprint density at radius 3 is 2.00 bits per heavy atom. The first-order valence-corrected chi connectivity index (χ1v) is 16.0. The molecule has 0 aromatic heterocycles. The van der Waals surface area contributed by atoms with Gasteiger partial charge in [0.1, 0.15) is 5.75 Å². The monoisotopic (exact) mass is 561 g/mol. The molecule has 0 bridgehead atoms. The van der Waals surface area contributed by atoms with Crippen molar-refractivity contribution in [1.29, 1.82) is 0 Å². The second-order valence-corrected chi connectivity index (χ2v) is 12.9. The number of hydrogen-bond donors (Lipinski definition) is 0. The molecule has 43 heavy (non-hydrogen) atoms. The molecule has 0 N–H and O–H groups in total. The molecule has 5 aromatic rings. The van der Waals surface area contributed by atoms with E-state index >= 15 is 0 Å². The van der Waals surface area contributed by atoms with Crippen LogP contribution in [0.3, 0.4) is 0 Å². The molecule has 2 aliphatic carbocycles. The fraction of sp³-hybridized carbons (Fsp3) is 0.268. The van der Waals surface area contributed by atoms with Crippen LogP contribution in [0.4, 0.5) is 5.69 Å². The van der Waals surface area contributed by atoms with Crippen LogP contribution < -0.4 is 9.64 Å². The zero-order valence-electron chi connectivity index (χ0n) is 25.3. The van der Waals surface area contributed by atoms with Gasteiger partial charge in [-0.25, -0.2) is 0 Å². The van der Waals surface area contributed by atoms with Gasteiger partial charge in [-0.15, -0.1) is 0 Å². The molecule has 1 saturated carbocycles. The Labute approximate surface area is 255 Å². The van der Waals surface area contributed by atoms with Crippen molar-refractivity contribution in [1.82, 2.24) is 0 Å². The van der Waals surface area contributed by atoms with E-state index in [1.807, 2.05) is 0 Å². The summed E-state index contributed by atoms with van der Waals surface area (Å²) in [6.07, 6.45) is 13.7. The predicted molar refractivity (Wildman–Crippen MR) is 180 cm³/mol. The summed E-state index contributed by atoms with van der Waals surface area (Å²) >= 11 is 0. The highest BCUT2D eigenvalue weighted by Gasteiger charge is 2.47. The number of rotatable bonds is 3. The second-order valence-electron chi connectivity index (χ2n) is 12.9. The Hall–Kier alpha value is -4.30. The fourth-order valence-corrected chi connectivity index (χ4v) is 8.32. The van der Waals surface area contributed by atoms with Crippen LogP contribution >= 0.6 is 0 Å². The van der Waals surface area contributed by atoms with E-state index in [0.717, 1.165) is 16.9 Å². The number of hydrogen-bond acceptors (Lipinski definition) is 2. The Kier molecular flexibility index (Phi) is 6.22. The van der Waals surface area contributed by atoms with Gasteiger partial charge < -0.3 is 9.64 Å². The van der Waals surface area contributed by atoms with Crippen LogP contribution in [0, 0.1) is 0 Å². The molecular weight excluding hydrogens is 522 g/mol. The highest BCUT2D eigenvalue weighted by Crippen LogP contribution is 2.61. The smallest absolute Gasteiger partial charge is 0.178 e. The molecular formula is C41H39NO. The molecule has 1 atom stereocenters. The Bertz CT molecular complexity index is 1840. The minimum Gasteiger partial charge on any atom is -0.472 e. The van der Waals surface area contributed by atoms with Crippen LogP contribution in [0.15, 0.2) is 109 Å². The molecule has 0 saturated heterocycles. The van der Waals surface area contributed by atoms with Gasteiger partial charge in [-0.2, -0.15) is 0 Å². The molecule has 1 spiro atoms. The molecule has 1 unspecified atom stereocenters. The van der Waals surface area contributed by atoms with Crippen molar-refractivity contribution in [3.8, 4) is 16.9 Å². The summed E-state index contributed by atoms with van der Waals surface area (Å²) in [7, 11) is 4.18. The first-order valence-electron chi connectivity index (χ1n) is 16.0. The van der Waals surface area contributed by atoms with Crippen LogP contribution in [0.1, 0.15) is 72.8 Å². The summed E-state index contributed by atoms with van der Waals surface area (Å²) in [6, 6.07) is 37.8. The minimum atomic E-state index is -0.727. The van der Waals surface area contributed by atoms with Gasteiger partial charge in [0.05, 0.1) is 0 Å². The number of nitrogens with zero attached hydrogens (tertiary/aromatic N) is 1. The zero-order valence-corrected chi connectivity index (χ0v) is 25.3. The highest BCUT2D eigenvalue weighted by atomic mass is 16.5.